The molecule has 2 saturated carbocycles. The van der Waals surface area contributed by atoms with Gasteiger partial charge in [-0.3, -0.25) is 9.59 Å². The molecule has 0 aromatic heterocycles. The summed E-state index contributed by atoms with van der Waals surface area (Å²) in [6.07, 6.45) is 1.29. The van der Waals surface area contributed by atoms with Crippen molar-refractivity contribution in [3.63, 3.8) is 0 Å². The monoisotopic (exact) mass is 491 g/mol. The molecular weight excluding hydrogens is 462 g/mol. The first-order chi connectivity index (χ1) is 14.5. The molecule has 6 nitrogen and oxygen atoms in total. The van der Waals surface area contributed by atoms with Crippen LogP contribution >= 0.6 is 15.9 Å². The molecule has 1 spiro atoms. The average Bonchev–Trinajstić information content (AvgIpc) is 3.04. The number of aliphatic hydroxyl groups excluding tert-OH is 1. The molecule has 0 saturated heterocycles. The first-order valence-electron chi connectivity index (χ1n) is 11.1. The zero-order valence-corrected chi connectivity index (χ0v) is 20.3. The lowest BCUT2D eigenvalue weighted by molar-refractivity contribution is -0.224. The van der Waals surface area contributed by atoms with Crippen molar-refractivity contribution in [2.75, 3.05) is 7.11 Å². The van der Waals surface area contributed by atoms with Crippen molar-refractivity contribution in [3.8, 4) is 5.75 Å². The van der Waals surface area contributed by atoms with E-state index < -0.39 is 23.3 Å². The van der Waals surface area contributed by atoms with E-state index in [2.05, 4.69) is 35.1 Å². The van der Waals surface area contributed by atoms with Gasteiger partial charge in [-0.2, -0.15) is 0 Å². The number of hydrogen-bond donors (Lipinski definition) is 2. The summed E-state index contributed by atoms with van der Waals surface area (Å²) in [6.45, 7) is 8.42. The van der Waals surface area contributed by atoms with Crippen molar-refractivity contribution >= 4 is 27.6 Å². The molecule has 2 aliphatic heterocycles. The molecular formula is C24H30BrNO5. The van der Waals surface area contributed by atoms with Gasteiger partial charge in [-0.25, -0.2) is 0 Å². The highest BCUT2D eigenvalue weighted by Crippen LogP contribution is 2.66. The van der Waals surface area contributed by atoms with E-state index in [1.54, 1.807) is 7.11 Å². The molecule has 6 atom stereocenters. The molecule has 0 radical (unpaired) electrons. The van der Waals surface area contributed by atoms with Crippen molar-refractivity contribution in [3.05, 3.63) is 27.2 Å². The second-order valence-corrected chi connectivity index (χ2v) is 11.5. The molecule has 2 unspecified atom stereocenters. The summed E-state index contributed by atoms with van der Waals surface area (Å²) in [5.74, 6) is 0.729. The van der Waals surface area contributed by atoms with E-state index in [0.717, 1.165) is 34.9 Å². The number of halogens is 1. The topological polar surface area (TPSA) is 84.9 Å². The highest BCUT2D eigenvalue weighted by atomic mass is 79.9. The summed E-state index contributed by atoms with van der Waals surface area (Å²) in [4.78, 5) is 25.6. The summed E-state index contributed by atoms with van der Waals surface area (Å²) in [6, 6.07) is 2.00. The van der Waals surface area contributed by atoms with Crippen LogP contribution in [0.4, 0.5) is 0 Å². The lowest BCUT2D eigenvalue weighted by Crippen LogP contribution is -2.72. The fraction of sp³-hybridized carbons (Fsp3) is 0.667. The first kappa shape index (κ1) is 21.4. The normalized spacial score (nSPS) is 40.2. The van der Waals surface area contributed by atoms with E-state index in [0.29, 0.717) is 17.2 Å². The summed E-state index contributed by atoms with van der Waals surface area (Å²) in [7, 11) is 1.57. The molecule has 1 aromatic carbocycles. The van der Waals surface area contributed by atoms with E-state index in [1.807, 2.05) is 19.9 Å². The van der Waals surface area contributed by atoms with Gasteiger partial charge < -0.3 is 19.9 Å². The van der Waals surface area contributed by atoms with Crippen molar-refractivity contribution in [2.24, 2.45) is 22.7 Å². The third-order valence-corrected chi connectivity index (χ3v) is 9.61. The van der Waals surface area contributed by atoms with Crippen LogP contribution < -0.4 is 10.1 Å². The number of ether oxygens (including phenoxy) is 2. The number of rotatable bonds is 1. The Bertz CT molecular complexity index is 1010. The molecule has 4 aliphatic rings. The van der Waals surface area contributed by atoms with Gasteiger partial charge in [0.05, 0.1) is 11.1 Å². The minimum absolute atomic E-state index is 0.0180. The van der Waals surface area contributed by atoms with Crippen molar-refractivity contribution in [2.45, 2.75) is 71.3 Å². The maximum Gasteiger partial charge on any atom is 0.255 e. The maximum atomic E-state index is 13.0. The Morgan fingerprint density at radius 1 is 1.26 bits per heavy atom. The maximum absolute atomic E-state index is 13.0. The lowest BCUT2D eigenvalue weighted by atomic mass is 9.43. The van der Waals surface area contributed by atoms with Crippen LogP contribution in [0.25, 0.3) is 0 Å². The quantitative estimate of drug-likeness (QED) is 0.621. The van der Waals surface area contributed by atoms with E-state index in [9.17, 15) is 14.7 Å². The van der Waals surface area contributed by atoms with E-state index in [-0.39, 0.29) is 29.4 Å². The van der Waals surface area contributed by atoms with Crippen molar-refractivity contribution in [1.82, 2.24) is 5.32 Å². The van der Waals surface area contributed by atoms with Gasteiger partial charge in [0.2, 0.25) is 0 Å². The largest absolute Gasteiger partial charge is 0.485 e. The van der Waals surface area contributed by atoms with Gasteiger partial charge in [0.15, 0.2) is 12.0 Å². The molecule has 2 N–H and O–H groups in total. The van der Waals surface area contributed by atoms with Crippen LogP contribution in [0.15, 0.2) is 10.5 Å². The first-order valence-corrected chi connectivity index (χ1v) is 11.9. The van der Waals surface area contributed by atoms with Gasteiger partial charge in [0.1, 0.15) is 17.5 Å². The molecule has 7 heteroatoms. The number of Topliss-reactive ketones (excluding diaryl/α,β-unsaturated/α-hetero) is 1. The van der Waals surface area contributed by atoms with Crippen LogP contribution in [-0.4, -0.2) is 35.6 Å². The van der Waals surface area contributed by atoms with E-state index in [4.69, 9.17) is 9.47 Å². The van der Waals surface area contributed by atoms with Crippen LogP contribution in [0.5, 0.6) is 5.75 Å². The lowest BCUT2D eigenvalue weighted by Gasteiger charge is -2.66. The molecule has 0 bridgehead atoms. The number of carbonyl (C=O) groups excluding carboxylic acids is 2. The van der Waals surface area contributed by atoms with Gasteiger partial charge in [-0.15, -0.1) is 0 Å². The van der Waals surface area contributed by atoms with Crippen LogP contribution in [-0.2, 0) is 16.0 Å². The predicted molar refractivity (Wildman–Crippen MR) is 118 cm³/mol. The number of aliphatic hydroxyl groups is 1. The highest BCUT2D eigenvalue weighted by Gasteiger charge is 2.69. The van der Waals surface area contributed by atoms with Crippen LogP contribution in [0, 0.1) is 22.7 Å². The zero-order valence-electron chi connectivity index (χ0n) is 18.7. The smallest absolute Gasteiger partial charge is 0.255 e. The number of ketones is 1. The Kier molecular flexibility index (Phi) is 4.52. The number of carbonyl (C=O) groups is 2. The Morgan fingerprint density at radius 3 is 2.65 bits per heavy atom. The number of benzene rings is 1. The molecule has 2 aliphatic carbocycles. The van der Waals surface area contributed by atoms with Gasteiger partial charge in [-0.1, -0.05) is 27.7 Å². The number of nitrogens with one attached hydrogen (secondary N) is 1. The fourth-order valence-corrected chi connectivity index (χ4v) is 7.76. The minimum Gasteiger partial charge on any atom is -0.485 e. The summed E-state index contributed by atoms with van der Waals surface area (Å²) >= 11 is 3.59. The zero-order chi connectivity index (χ0) is 22.5. The Labute approximate surface area is 191 Å². The van der Waals surface area contributed by atoms with Crippen molar-refractivity contribution < 1.29 is 24.2 Å². The molecule has 1 amide bonds. The van der Waals surface area contributed by atoms with Gasteiger partial charge in [-0.05, 0) is 52.7 Å². The summed E-state index contributed by atoms with van der Waals surface area (Å²) in [5.41, 5.74) is 0.652. The van der Waals surface area contributed by atoms with Gasteiger partial charge in [0.25, 0.3) is 5.91 Å². The average molecular weight is 492 g/mol. The number of hydrogen-bond acceptors (Lipinski definition) is 5. The predicted octanol–water partition coefficient (Wildman–Crippen LogP) is 3.92. The van der Waals surface area contributed by atoms with Crippen LogP contribution in [0.3, 0.4) is 0 Å². The Hall–Kier alpha value is -1.44. The second-order valence-electron chi connectivity index (χ2n) is 10.6. The Balaban J connectivity index is 1.76. The molecule has 5 rings (SSSR count). The van der Waals surface area contributed by atoms with Crippen LogP contribution in [0.1, 0.15) is 74.7 Å². The van der Waals surface area contributed by atoms with E-state index >= 15 is 0 Å². The second kappa shape index (κ2) is 6.55. The van der Waals surface area contributed by atoms with Crippen LogP contribution in [0.2, 0.25) is 0 Å². The molecule has 1 aromatic rings. The third-order valence-electron chi connectivity index (χ3n) is 8.99. The fourth-order valence-electron chi connectivity index (χ4n) is 7.09. The highest BCUT2D eigenvalue weighted by molar-refractivity contribution is 9.10. The van der Waals surface area contributed by atoms with Crippen molar-refractivity contribution in [1.29, 1.82) is 0 Å². The van der Waals surface area contributed by atoms with Gasteiger partial charge >= 0.3 is 0 Å². The molecule has 2 heterocycles. The molecule has 31 heavy (non-hydrogen) atoms. The minimum atomic E-state index is -1.06. The SMILES string of the molecule is COC1NC(=O)c2c(Br)cc3c(c21)O[C@@]12CC(O)C(=O)C(C)(C)[C@@H]1CC[C@H](C)[C@@]2(C)C3. The Morgan fingerprint density at radius 2 is 1.97 bits per heavy atom. The molecule has 2 fully saturated rings. The summed E-state index contributed by atoms with van der Waals surface area (Å²) in [5, 5.41) is 13.8. The third kappa shape index (κ3) is 2.51. The summed E-state index contributed by atoms with van der Waals surface area (Å²) < 4.78 is 13.4. The van der Waals surface area contributed by atoms with E-state index in [1.165, 1.54) is 0 Å². The van der Waals surface area contributed by atoms with Gasteiger partial charge in [0, 0.05) is 34.8 Å². The number of methoxy groups -OCH3 is 1. The standard InChI is InChI=1S/C24H30BrNO5/c1-11-6-7-15-22(2,3)19(28)14(27)10-24(15)23(11,4)9-12-8-13(25)16-17(18(12)31-24)21(30-5)26-20(16)29/h8,11,14-15,21,27H,6-7,9-10H2,1-5H3,(H,26,29)/t11-,14?,15-,21?,23+,24-/m0/s1. The number of fused-ring (bicyclic) bond motifs is 3. The number of amides is 1. The molecule has 168 valence electrons.